The fraction of sp³-hybridized carbons (Fsp3) is 0.857. The maximum atomic E-state index is 11.7. The highest BCUT2D eigenvalue weighted by molar-refractivity contribution is 5.77. The Kier molecular flexibility index (Phi) is 5.80. The number of carbonyl (C=O) groups is 2. The van der Waals surface area contributed by atoms with Crippen LogP contribution in [0.3, 0.4) is 0 Å². The number of hydrogen-bond acceptors (Lipinski definition) is 3. The Bertz CT molecular complexity index is 358. The van der Waals surface area contributed by atoms with Gasteiger partial charge in [-0.1, -0.05) is 6.92 Å². The Morgan fingerprint density at radius 3 is 2.45 bits per heavy atom. The molecule has 20 heavy (non-hydrogen) atoms. The Morgan fingerprint density at radius 1 is 1.40 bits per heavy atom. The van der Waals surface area contributed by atoms with E-state index in [2.05, 4.69) is 29.5 Å². The second-order valence-electron chi connectivity index (χ2n) is 6.03. The van der Waals surface area contributed by atoms with Gasteiger partial charge in [-0.3, -0.25) is 9.69 Å². The van der Waals surface area contributed by atoms with E-state index in [1.165, 1.54) is 12.8 Å². The lowest BCUT2D eigenvalue weighted by atomic mass is 9.88. The zero-order valence-corrected chi connectivity index (χ0v) is 12.9. The Balaban J connectivity index is 2.27. The summed E-state index contributed by atoms with van der Waals surface area (Å²) in [5.74, 6) is -0.887. The van der Waals surface area contributed by atoms with Crippen LogP contribution in [0.5, 0.6) is 0 Å². The lowest BCUT2D eigenvalue weighted by molar-refractivity contribution is -0.147. The van der Waals surface area contributed by atoms with E-state index in [1.54, 1.807) is 13.8 Å². The van der Waals surface area contributed by atoms with E-state index < -0.39 is 11.4 Å². The van der Waals surface area contributed by atoms with Gasteiger partial charge in [-0.2, -0.15) is 0 Å². The van der Waals surface area contributed by atoms with Gasteiger partial charge in [0.25, 0.3) is 0 Å². The number of carboxylic acids is 1. The van der Waals surface area contributed by atoms with Crippen molar-refractivity contribution < 1.29 is 14.7 Å². The molecule has 1 fully saturated rings. The number of aliphatic carboxylic acids is 1. The van der Waals surface area contributed by atoms with E-state index in [9.17, 15) is 9.59 Å². The van der Waals surface area contributed by atoms with Gasteiger partial charge in [0, 0.05) is 25.2 Å². The molecule has 6 nitrogen and oxygen atoms in total. The van der Waals surface area contributed by atoms with E-state index in [0.717, 1.165) is 0 Å². The number of carboxylic acid groups (broad SMARTS) is 1. The molecule has 2 amide bonds. The molecule has 0 aromatic rings. The molecule has 2 atom stereocenters. The summed E-state index contributed by atoms with van der Waals surface area (Å²) in [6, 6.07) is 0.637. The average Bonchev–Trinajstić information content (AvgIpc) is 3.25. The summed E-state index contributed by atoms with van der Waals surface area (Å²) in [6.07, 6.45) is 2.95. The third-order valence-electron chi connectivity index (χ3n) is 4.31. The van der Waals surface area contributed by atoms with Crippen LogP contribution in [0.2, 0.25) is 0 Å². The fourth-order valence-corrected chi connectivity index (χ4v) is 1.92. The molecule has 0 aromatic carbocycles. The molecule has 0 bridgehead atoms. The standard InChI is InChI=1S/C14H27N3O3/c1-5-14(3,12(18)19)9-16-13(20)15-8-10(2)17(4)11-6-7-11/h10-11H,5-9H2,1-4H3,(H,18,19)(H2,15,16,20). The number of rotatable bonds is 8. The Morgan fingerprint density at radius 2 is 2.00 bits per heavy atom. The van der Waals surface area contributed by atoms with Crippen molar-refractivity contribution in [1.82, 2.24) is 15.5 Å². The van der Waals surface area contributed by atoms with Crippen LogP contribution in [0.4, 0.5) is 4.79 Å². The van der Waals surface area contributed by atoms with Gasteiger partial charge in [-0.25, -0.2) is 4.79 Å². The molecule has 116 valence electrons. The number of amides is 2. The van der Waals surface area contributed by atoms with Gasteiger partial charge in [0.15, 0.2) is 0 Å². The molecule has 0 radical (unpaired) electrons. The smallest absolute Gasteiger partial charge is 0.314 e. The van der Waals surface area contributed by atoms with Crippen LogP contribution in [0.25, 0.3) is 0 Å². The zero-order chi connectivity index (χ0) is 15.3. The first-order valence-electron chi connectivity index (χ1n) is 7.27. The lowest BCUT2D eigenvalue weighted by Gasteiger charge is -2.26. The van der Waals surface area contributed by atoms with E-state index in [-0.39, 0.29) is 18.6 Å². The molecule has 2 unspecified atom stereocenters. The van der Waals surface area contributed by atoms with Gasteiger partial charge >= 0.3 is 12.0 Å². The second kappa shape index (κ2) is 6.92. The van der Waals surface area contributed by atoms with Crippen molar-refractivity contribution in [1.29, 1.82) is 0 Å². The molecule has 6 heteroatoms. The van der Waals surface area contributed by atoms with E-state index in [4.69, 9.17) is 5.11 Å². The number of carbonyl (C=O) groups excluding carboxylic acids is 1. The highest BCUT2D eigenvalue weighted by atomic mass is 16.4. The normalized spacial score (nSPS) is 19.2. The van der Waals surface area contributed by atoms with Gasteiger partial charge in [0.2, 0.25) is 0 Å². The highest BCUT2D eigenvalue weighted by Gasteiger charge is 2.32. The molecule has 0 aromatic heterocycles. The molecule has 1 rings (SSSR count). The SMILES string of the molecule is CCC(C)(CNC(=O)NCC(C)N(C)C1CC1)C(=O)O. The van der Waals surface area contributed by atoms with Crippen molar-refractivity contribution >= 4 is 12.0 Å². The second-order valence-corrected chi connectivity index (χ2v) is 6.03. The Labute approximate surface area is 120 Å². The summed E-state index contributed by atoms with van der Waals surface area (Å²) >= 11 is 0. The molecule has 0 saturated heterocycles. The largest absolute Gasteiger partial charge is 0.481 e. The molecule has 0 aliphatic heterocycles. The van der Waals surface area contributed by atoms with E-state index in [0.29, 0.717) is 19.0 Å². The number of nitrogens with zero attached hydrogens (tertiary/aromatic N) is 1. The summed E-state index contributed by atoms with van der Waals surface area (Å²) in [6.45, 7) is 6.22. The average molecular weight is 285 g/mol. The van der Waals surface area contributed by atoms with Crippen LogP contribution in [0.15, 0.2) is 0 Å². The summed E-state index contributed by atoms with van der Waals surface area (Å²) in [4.78, 5) is 25.1. The number of hydrogen-bond donors (Lipinski definition) is 3. The van der Waals surface area contributed by atoms with E-state index in [1.807, 2.05) is 0 Å². The van der Waals surface area contributed by atoms with Gasteiger partial charge < -0.3 is 15.7 Å². The number of likely N-dealkylation sites (N-methyl/N-ethyl adjacent to an activating group) is 1. The van der Waals surface area contributed by atoms with Crippen molar-refractivity contribution in [2.75, 3.05) is 20.1 Å². The van der Waals surface area contributed by atoms with Gasteiger partial charge in [0.05, 0.1) is 5.41 Å². The minimum absolute atomic E-state index is 0.136. The molecule has 1 saturated carbocycles. The number of urea groups is 1. The topological polar surface area (TPSA) is 81.7 Å². The summed E-state index contributed by atoms with van der Waals surface area (Å²) in [5, 5.41) is 14.6. The molecule has 3 N–H and O–H groups in total. The van der Waals surface area contributed by atoms with Crippen LogP contribution in [0.1, 0.15) is 40.0 Å². The summed E-state index contributed by atoms with van der Waals surface area (Å²) in [7, 11) is 2.07. The zero-order valence-electron chi connectivity index (χ0n) is 12.9. The molecule has 1 aliphatic rings. The molecule has 0 heterocycles. The van der Waals surface area contributed by atoms with Gasteiger partial charge in [0.1, 0.15) is 0 Å². The molecule has 1 aliphatic carbocycles. The molecular weight excluding hydrogens is 258 g/mol. The first-order valence-corrected chi connectivity index (χ1v) is 7.27. The van der Waals surface area contributed by atoms with Crippen LogP contribution < -0.4 is 10.6 Å². The minimum atomic E-state index is -0.909. The maximum Gasteiger partial charge on any atom is 0.314 e. The monoisotopic (exact) mass is 285 g/mol. The van der Waals surface area contributed by atoms with Crippen molar-refractivity contribution in [3.05, 3.63) is 0 Å². The van der Waals surface area contributed by atoms with Crippen molar-refractivity contribution in [3.8, 4) is 0 Å². The predicted octanol–water partition coefficient (Wildman–Crippen LogP) is 1.27. The Hall–Kier alpha value is -1.30. The van der Waals surface area contributed by atoms with Gasteiger partial charge in [-0.15, -0.1) is 0 Å². The quantitative estimate of drug-likeness (QED) is 0.627. The van der Waals surface area contributed by atoms with Crippen molar-refractivity contribution in [3.63, 3.8) is 0 Å². The first-order chi connectivity index (χ1) is 9.30. The predicted molar refractivity (Wildman–Crippen MR) is 77.7 cm³/mol. The maximum absolute atomic E-state index is 11.7. The number of nitrogens with one attached hydrogen (secondary N) is 2. The highest BCUT2D eigenvalue weighted by Crippen LogP contribution is 2.26. The van der Waals surface area contributed by atoms with E-state index >= 15 is 0 Å². The fourth-order valence-electron chi connectivity index (χ4n) is 1.92. The van der Waals surface area contributed by atoms with Crippen molar-refractivity contribution in [2.24, 2.45) is 5.41 Å². The lowest BCUT2D eigenvalue weighted by Crippen LogP contribution is -2.48. The van der Waals surface area contributed by atoms with Crippen LogP contribution in [-0.2, 0) is 4.79 Å². The third-order valence-corrected chi connectivity index (χ3v) is 4.31. The minimum Gasteiger partial charge on any atom is -0.481 e. The molecule has 0 spiro atoms. The first kappa shape index (κ1) is 16.8. The molecular formula is C14H27N3O3. The van der Waals surface area contributed by atoms with Gasteiger partial charge in [-0.05, 0) is 40.2 Å². The van der Waals surface area contributed by atoms with Crippen molar-refractivity contribution in [2.45, 2.75) is 52.1 Å². The van der Waals surface area contributed by atoms with Crippen LogP contribution >= 0.6 is 0 Å². The summed E-state index contributed by atoms with van der Waals surface area (Å²) < 4.78 is 0. The van der Waals surface area contributed by atoms with Crippen LogP contribution in [-0.4, -0.2) is 54.2 Å². The summed E-state index contributed by atoms with van der Waals surface area (Å²) in [5.41, 5.74) is -0.909. The van der Waals surface area contributed by atoms with Crippen LogP contribution in [0, 0.1) is 5.41 Å². The third kappa shape index (κ3) is 4.67.